The fourth-order valence-corrected chi connectivity index (χ4v) is 2.83. The third kappa shape index (κ3) is 1.48. The molecule has 0 amide bonds. The summed E-state index contributed by atoms with van der Waals surface area (Å²) >= 11 is 0. The topological polar surface area (TPSA) is 58.4 Å². The Balaban J connectivity index is 2.10. The van der Waals surface area contributed by atoms with Crippen LogP contribution in [-0.4, -0.2) is 23.3 Å². The van der Waals surface area contributed by atoms with E-state index in [-0.39, 0.29) is 24.3 Å². The molecule has 1 aromatic rings. The van der Waals surface area contributed by atoms with Gasteiger partial charge in [0, 0.05) is 25.1 Å². The Labute approximate surface area is 106 Å². The van der Waals surface area contributed by atoms with E-state index in [1.54, 1.807) is 0 Å². The molecular formula is C11H10F3N3O2. The number of benzene rings is 1. The minimum absolute atomic E-state index is 0.0566. The molecule has 1 atom stereocenters. The lowest BCUT2D eigenvalue weighted by Crippen LogP contribution is -2.57. The number of anilines is 2. The number of hydrogen-bond donors (Lipinski definition) is 1. The first-order chi connectivity index (χ1) is 8.85. The SMILES string of the molecule is O=[N+]([O-])c1ccc2c(c1)N1CCCC1(C(F)(F)F)N2. The molecule has 0 aliphatic carbocycles. The number of nitrogens with one attached hydrogen (secondary N) is 1. The summed E-state index contributed by atoms with van der Waals surface area (Å²) in [6.45, 7) is 0.237. The Hall–Kier alpha value is -1.99. The van der Waals surface area contributed by atoms with E-state index in [1.807, 2.05) is 0 Å². The fourth-order valence-electron chi connectivity index (χ4n) is 2.83. The Kier molecular flexibility index (Phi) is 2.24. The maximum absolute atomic E-state index is 13.3. The molecule has 8 heteroatoms. The van der Waals surface area contributed by atoms with E-state index in [0.29, 0.717) is 12.1 Å². The van der Waals surface area contributed by atoms with Crippen LogP contribution in [0.5, 0.6) is 0 Å². The highest BCUT2D eigenvalue weighted by atomic mass is 19.4. The number of nitro groups is 1. The highest BCUT2D eigenvalue weighted by Crippen LogP contribution is 2.53. The summed E-state index contributed by atoms with van der Waals surface area (Å²) in [6, 6.07) is 3.73. The van der Waals surface area contributed by atoms with Gasteiger partial charge in [-0.3, -0.25) is 10.1 Å². The number of hydrogen-bond acceptors (Lipinski definition) is 4. The van der Waals surface area contributed by atoms with Crippen molar-refractivity contribution in [2.45, 2.75) is 24.7 Å². The van der Waals surface area contributed by atoms with Crippen molar-refractivity contribution in [1.29, 1.82) is 0 Å². The first kappa shape index (κ1) is 12.1. The van der Waals surface area contributed by atoms with Gasteiger partial charge in [0.05, 0.1) is 16.3 Å². The molecular weight excluding hydrogens is 263 g/mol. The summed E-state index contributed by atoms with van der Waals surface area (Å²) in [5.41, 5.74) is -1.76. The lowest BCUT2D eigenvalue weighted by atomic mass is 10.1. The van der Waals surface area contributed by atoms with Crippen LogP contribution in [0.1, 0.15) is 12.8 Å². The zero-order valence-corrected chi connectivity index (χ0v) is 9.70. The highest BCUT2D eigenvalue weighted by Gasteiger charge is 2.64. The zero-order valence-electron chi connectivity index (χ0n) is 9.70. The van der Waals surface area contributed by atoms with Crippen LogP contribution in [0.25, 0.3) is 0 Å². The lowest BCUT2D eigenvalue weighted by Gasteiger charge is -2.35. The maximum Gasteiger partial charge on any atom is 0.430 e. The average Bonchev–Trinajstić information content (AvgIpc) is 2.83. The number of nitro benzene ring substituents is 1. The molecule has 0 radical (unpaired) electrons. The van der Waals surface area contributed by atoms with Gasteiger partial charge in [-0.25, -0.2) is 0 Å². The number of nitrogens with zero attached hydrogens (tertiary/aromatic N) is 2. The molecule has 0 bridgehead atoms. The summed E-state index contributed by atoms with van der Waals surface area (Å²) < 4.78 is 39.9. The van der Waals surface area contributed by atoms with Gasteiger partial charge in [0.15, 0.2) is 0 Å². The van der Waals surface area contributed by atoms with Gasteiger partial charge in [-0.15, -0.1) is 0 Å². The third-order valence-corrected chi connectivity index (χ3v) is 3.67. The molecule has 1 saturated heterocycles. The lowest BCUT2D eigenvalue weighted by molar-refractivity contribution is -0.384. The molecule has 102 valence electrons. The molecule has 3 rings (SSSR count). The van der Waals surface area contributed by atoms with Crippen molar-refractivity contribution in [1.82, 2.24) is 0 Å². The molecule has 1 unspecified atom stereocenters. The van der Waals surface area contributed by atoms with Gasteiger partial charge < -0.3 is 10.2 Å². The van der Waals surface area contributed by atoms with E-state index in [4.69, 9.17) is 0 Å². The second kappa shape index (κ2) is 3.52. The predicted octanol–water partition coefficient (Wildman–Crippen LogP) is 2.88. The highest BCUT2D eigenvalue weighted by molar-refractivity contribution is 5.81. The smallest absolute Gasteiger partial charge is 0.354 e. The first-order valence-corrected chi connectivity index (χ1v) is 5.76. The van der Waals surface area contributed by atoms with Crippen molar-refractivity contribution >= 4 is 17.1 Å². The molecule has 1 aromatic carbocycles. The third-order valence-electron chi connectivity index (χ3n) is 3.67. The van der Waals surface area contributed by atoms with Crippen LogP contribution in [0.4, 0.5) is 30.2 Å². The van der Waals surface area contributed by atoms with E-state index in [2.05, 4.69) is 5.32 Å². The quantitative estimate of drug-likeness (QED) is 0.631. The summed E-state index contributed by atoms with van der Waals surface area (Å²) in [5, 5.41) is 13.2. The van der Waals surface area contributed by atoms with Crippen LogP contribution >= 0.6 is 0 Å². The number of alkyl halides is 3. The average molecular weight is 273 g/mol. The Bertz CT molecular complexity index is 561. The molecule has 2 aliphatic heterocycles. The summed E-state index contributed by atoms with van der Waals surface area (Å²) in [4.78, 5) is 11.3. The zero-order chi connectivity index (χ0) is 13.8. The fraction of sp³-hybridized carbons (Fsp3) is 0.455. The monoisotopic (exact) mass is 273 g/mol. The van der Waals surface area contributed by atoms with E-state index < -0.39 is 16.8 Å². The number of rotatable bonds is 1. The van der Waals surface area contributed by atoms with Crippen molar-refractivity contribution < 1.29 is 18.1 Å². The van der Waals surface area contributed by atoms with Crippen molar-refractivity contribution in [2.24, 2.45) is 0 Å². The molecule has 0 spiro atoms. The van der Waals surface area contributed by atoms with Crippen LogP contribution in [0.15, 0.2) is 18.2 Å². The molecule has 1 N–H and O–H groups in total. The van der Waals surface area contributed by atoms with Gasteiger partial charge in [0.25, 0.3) is 5.69 Å². The van der Waals surface area contributed by atoms with Crippen molar-refractivity contribution in [3.05, 3.63) is 28.3 Å². The van der Waals surface area contributed by atoms with Crippen LogP contribution in [0.2, 0.25) is 0 Å². The van der Waals surface area contributed by atoms with Gasteiger partial charge >= 0.3 is 6.18 Å². The van der Waals surface area contributed by atoms with Crippen LogP contribution in [0.3, 0.4) is 0 Å². The largest absolute Gasteiger partial charge is 0.430 e. The molecule has 0 aromatic heterocycles. The molecule has 5 nitrogen and oxygen atoms in total. The minimum Gasteiger partial charge on any atom is -0.354 e. The van der Waals surface area contributed by atoms with Gasteiger partial charge in [-0.2, -0.15) is 13.2 Å². The maximum atomic E-state index is 13.3. The minimum atomic E-state index is -4.43. The normalized spacial score (nSPS) is 24.9. The molecule has 0 saturated carbocycles. The van der Waals surface area contributed by atoms with Crippen LogP contribution in [-0.2, 0) is 0 Å². The van der Waals surface area contributed by atoms with Crippen molar-refractivity contribution in [3.8, 4) is 0 Å². The Morgan fingerprint density at radius 2 is 2.16 bits per heavy atom. The number of non-ortho nitro benzene ring substituents is 1. The summed E-state index contributed by atoms with van der Waals surface area (Å²) in [5.74, 6) is 0. The van der Waals surface area contributed by atoms with Crippen molar-refractivity contribution in [3.63, 3.8) is 0 Å². The first-order valence-electron chi connectivity index (χ1n) is 5.76. The molecule has 2 aliphatic rings. The Morgan fingerprint density at radius 1 is 1.42 bits per heavy atom. The Morgan fingerprint density at radius 3 is 2.79 bits per heavy atom. The van der Waals surface area contributed by atoms with E-state index >= 15 is 0 Å². The van der Waals surface area contributed by atoms with Crippen LogP contribution < -0.4 is 10.2 Å². The van der Waals surface area contributed by atoms with Crippen molar-refractivity contribution in [2.75, 3.05) is 16.8 Å². The number of halogens is 3. The number of fused-ring (bicyclic) bond motifs is 3. The second-order valence-electron chi connectivity index (χ2n) is 4.70. The molecule has 19 heavy (non-hydrogen) atoms. The predicted molar refractivity (Wildman–Crippen MR) is 62.1 cm³/mol. The van der Waals surface area contributed by atoms with Crippen LogP contribution in [0, 0.1) is 10.1 Å². The van der Waals surface area contributed by atoms with Gasteiger partial charge in [0.2, 0.25) is 5.66 Å². The van der Waals surface area contributed by atoms with Gasteiger partial charge in [-0.1, -0.05) is 0 Å². The van der Waals surface area contributed by atoms with E-state index in [9.17, 15) is 23.3 Å². The summed E-state index contributed by atoms with van der Waals surface area (Å²) in [7, 11) is 0. The van der Waals surface area contributed by atoms with E-state index in [0.717, 1.165) is 0 Å². The summed E-state index contributed by atoms with van der Waals surface area (Å²) in [6.07, 6.45) is -4.09. The molecule has 2 heterocycles. The second-order valence-corrected chi connectivity index (χ2v) is 4.70. The van der Waals surface area contributed by atoms with Gasteiger partial charge in [-0.05, 0) is 12.5 Å². The van der Waals surface area contributed by atoms with E-state index in [1.165, 1.54) is 23.1 Å². The standard InChI is InChI=1S/C11H10F3N3O2/c12-11(13,14)10-4-1-5-16(10)9-6-7(17(18)19)2-3-8(9)15-10/h2-3,6,15H,1,4-5H2. The van der Waals surface area contributed by atoms with Gasteiger partial charge in [0.1, 0.15) is 0 Å². The molecule has 1 fully saturated rings.